The monoisotopic (exact) mass is 254 g/mol. The summed E-state index contributed by atoms with van der Waals surface area (Å²) in [5, 5.41) is 0. The molecule has 0 bridgehead atoms. The lowest BCUT2D eigenvalue weighted by Crippen LogP contribution is -2.09. The molecule has 0 aromatic heterocycles. The van der Waals surface area contributed by atoms with Crippen LogP contribution in [0.5, 0.6) is 0 Å². The molecular formula is C20H14. The number of rotatable bonds is 2. The van der Waals surface area contributed by atoms with Crippen LogP contribution in [0.2, 0.25) is 0 Å². The van der Waals surface area contributed by atoms with Gasteiger partial charge in [0.15, 0.2) is 0 Å². The average molecular weight is 254 g/mol. The van der Waals surface area contributed by atoms with E-state index < -0.39 is 0 Å². The predicted octanol–water partition coefficient (Wildman–Crippen LogP) is 4.13. The van der Waals surface area contributed by atoms with Gasteiger partial charge in [0.2, 0.25) is 0 Å². The van der Waals surface area contributed by atoms with Gasteiger partial charge in [-0.1, -0.05) is 84.3 Å². The smallest absolute Gasteiger partial charge is 0.0634 e. The van der Waals surface area contributed by atoms with Gasteiger partial charge in [0.05, 0.1) is 11.8 Å². The van der Waals surface area contributed by atoms with Crippen LogP contribution in [0.1, 0.15) is 23.0 Å². The first kappa shape index (κ1) is 12.3. The predicted molar refractivity (Wildman–Crippen MR) is 83.1 cm³/mol. The van der Waals surface area contributed by atoms with Crippen LogP contribution >= 0.6 is 0 Å². The first-order chi connectivity index (χ1) is 9.95. The van der Waals surface area contributed by atoms with E-state index in [4.69, 9.17) is 0 Å². The van der Waals surface area contributed by atoms with E-state index in [0.717, 1.165) is 0 Å². The van der Waals surface area contributed by atoms with Crippen molar-refractivity contribution in [2.75, 3.05) is 0 Å². The number of benzene rings is 2. The summed E-state index contributed by atoms with van der Waals surface area (Å²) in [7, 11) is 0. The third-order valence-corrected chi connectivity index (χ3v) is 3.38. The highest BCUT2D eigenvalue weighted by Crippen LogP contribution is 2.32. The van der Waals surface area contributed by atoms with Gasteiger partial charge < -0.3 is 0 Å². The van der Waals surface area contributed by atoms with E-state index in [0.29, 0.717) is 0 Å². The van der Waals surface area contributed by atoms with Crippen LogP contribution in [0.25, 0.3) is 0 Å². The molecule has 0 heterocycles. The lowest BCUT2D eigenvalue weighted by Gasteiger charge is -2.19. The number of hydrogen-bond acceptors (Lipinski definition) is 0. The fourth-order valence-electron chi connectivity index (χ4n) is 2.40. The van der Waals surface area contributed by atoms with E-state index in [1.54, 1.807) is 0 Å². The van der Waals surface area contributed by atoms with E-state index in [1.165, 1.54) is 11.1 Å². The Morgan fingerprint density at radius 1 is 0.550 bits per heavy atom. The van der Waals surface area contributed by atoms with Crippen LogP contribution in [0.15, 0.2) is 72.8 Å². The third kappa shape index (κ3) is 2.66. The molecule has 0 N–H and O–H groups in total. The molecule has 0 heteroatoms. The maximum atomic E-state index is 3.35. The molecule has 0 fully saturated rings. The van der Waals surface area contributed by atoms with Gasteiger partial charge in [-0.3, -0.25) is 0 Å². The Labute approximate surface area is 120 Å². The first-order valence-electron chi connectivity index (χ1n) is 6.72. The van der Waals surface area contributed by atoms with Crippen molar-refractivity contribution in [2.24, 2.45) is 0 Å². The second-order valence-electron chi connectivity index (χ2n) is 4.69. The number of hydrogen-bond donors (Lipinski definition) is 0. The van der Waals surface area contributed by atoms with Crippen molar-refractivity contribution in [3.8, 4) is 23.7 Å². The number of allylic oxidation sites excluding steroid dienone is 2. The van der Waals surface area contributed by atoms with Gasteiger partial charge in [-0.25, -0.2) is 0 Å². The van der Waals surface area contributed by atoms with E-state index in [9.17, 15) is 0 Å². The van der Waals surface area contributed by atoms with E-state index >= 15 is 0 Å². The molecule has 94 valence electrons. The fourth-order valence-corrected chi connectivity index (χ4v) is 2.40. The standard InChI is InChI=1S/C20H14/c1-2-10-16-20(18-13-7-4-8-14-18)19(15-9-1)17-11-5-3-6-12-17/h1-8,11-14,19-20H/b2-1-/t19-,20-/m0/s1. The zero-order valence-electron chi connectivity index (χ0n) is 11.1. The van der Waals surface area contributed by atoms with Gasteiger partial charge in [0, 0.05) is 0 Å². The normalized spacial score (nSPS) is 21.4. The highest BCUT2D eigenvalue weighted by Gasteiger charge is 2.21. The fraction of sp³-hybridized carbons (Fsp3) is 0.100. The van der Waals surface area contributed by atoms with Crippen LogP contribution in [-0.4, -0.2) is 0 Å². The summed E-state index contributed by atoms with van der Waals surface area (Å²) in [6.45, 7) is 0. The minimum atomic E-state index is 0.107. The van der Waals surface area contributed by atoms with Crippen molar-refractivity contribution in [2.45, 2.75) is 11.8 Å². The lowest BCUT2D eigenvalue weighted by molar-refractivity contribution is 0.780. The minimum Gasteiger partial charge on any atom is -0.0886 e. The average Bonchev–Trinajstić information content (AvgIpc) is 2.49. The van der Waals surface area contributed by atoms with Gasteiger partial charge in [-0.2, -0.15) is 0 Å². The molecule has 0 nitrogen and oxygen atoms in total. The maximum Gasteiger partial charge on any atom is 0.0634 e. The van der Waals surface area contributed by atoms with Crippen LogP contribution in [0.3, 0.4) is 0 Å². The largest absolute Gasteiger partial charge is 0.0886 e. The van der Waals surface area contributed by atoms with Crippen molar-refractivity contribution in [3.63, 3.8) is 0 Å². The summed E-state index contributed by atoms with van der Waals surface area (Å²) >= 11 is 0. The molecule has 0 unspecified atom stereocenters. The molecule has 2 aromatic carbocycles. The lowest BCUT2D eigenvalue weighted by atomic mass is 9.82. The topological polar surface area (TPSA) is 0 Å². The summed E-state index contributed by atoms with van der Waals surface area (Å²) in [4.78, 5) is 0. The van der Waals surface area contributed by atoms with Crippen molar-refractivity contribution in [3.05, 3.63) is 83.9 Å². The van der Waals surface area contributed by atoms with Crippen molar-refractivity contribution < 1.29 is 0 Å². The summed E-state index contributed by atoms with van der Waals surface area (Å²) < 4.78 is 0. The Morgan fingerprint density at radius 3 is 1.35 bits per heavy atom. The van der Waals surface area contributed by atoms with Crippen molar-refractivity contribution in [1.29, 1.82) is 0 Å². The van der Waals surface area contributed by atoms with Gasteiger partial charge in [0.25, 0.3) is 0 Å². The zero-order valence-corrected chi connectivity index (χ0v) is 11.1. The van der Waals surface area contributed by atoms with Crippen LogP contribution in [0.4, 0.5) is 0 Å². The van der Waals surface area contributed by atoms with Crippen LogP contribution < -0.4 is 0 Å². The molecule has 2 aromatic rings. The molecule has 20 heavy (non-hydrogen) atoms. The van der Waals surface area contributed by atoms with Crippen LogP contribution in [0, 0.1) is 23.7 Å². The van der Waals surface area contributed by atoms with Crippen LogP contribution in [-0.2, 0) is 0 Å². The van der Waals surface area contributed by atoms with Gasteiger partial charge >= 0.3 is 0 Å². The second-order valence-corrected chi connectivity index (χ2v) is 4.69. The highest BCUT2D eigenvalue weighted by atomic mass is 14.2. The Hall–Kier alpha value is -2.70. The summed E-state index contributed by atoms with van der Waals surface area (Å²) in [5.74, 6) is 13.1. The molecule has 0 radical (unpaired) electrons. The summed E-state index contributed by atoms with van der Waals surface area (Å²) in [5.41, 5.74) is 2.44. The van der Waals surface area contributed by atoms with Crippen molar-refractivity contribution in [1.82, 2.24) is 0 Å². The molecule has 1 aliphatic carbocycles. The van der Waals surface area contributed by atoms with Gasteiger partial charge in [-0.15, -0.1) is 0 Å². The minimum absolute atomic E-state index is 0.107. The molecular weight excluding hydrogens is 240 g/mol. The molecule has 1 aliphatic rings. The Bertz CT molecular complexity index is 650. The third-order valence-electron chi connectivity index (χ3n) is 3.38. The molecule has 0 saturated carbocycles. The van der Waals surface area contributed by atoms with Crippen molar-refractivity contribution >= 4 is 0 Å². The van der Waals surface area contributed by atoms with E-state index in [2.05, 4.69) is 72.2 Å². The maximum absolute atomic E-state index is 3.35. The van der Waals surface area contributed by atoms with E-state index in [1.807, 2.05) is 24.3 Å². The van der Waals surface area contributed by atoms with Gasteiger partial charge in [0.1, 0.15) is 0 Å². The molecule has 0 saturated heterocycles. The molecule has 0 spiro atoms. The summed E-state index contributed by atoms with van der Waals surface area (Å²) in [6, 6.07) is 20.8. The Balaban J connectivity index is 2.08. The molecule has 3 rings (SSSR count). The Morgan fingerprint density at radius 2 is 0.950 bits per heavy atom. The van der Waals surface area contributed by atoms with E-state index in [-0.39, 0.29) is 11.8 Å². The van der Waals surface area contributed by atoms with Gasteiger partial charge in [-0.05, 0) is 23.3 Å². The molecule has 0 aliphatic heterocycles. The SMILES string of the molecule is C1#C[C@@H](c2ccccc2)[C@H](c2ccccc2)C#C/C=C\1. The Kier molecular flexibility index (Phi) is 3.68. The first-order valence-corrected chi connectivity index (χ1v) is 6.72. The highest BCUT2D eigenvalue weighted by molar-refractivity contribution is 5.44. The zero-order chi connectivity index (χ0) is 13.6. The second kappa shape index (κ2) is 5.96. The molecule has 0 amide bonds. The summed E-state index contributed by atoms with van der Waals surface area (Å²) in [6.07, 6.45) is 3.65. The quantitative estimate of drug-likeness (QED) is 0.707. The molecule has 2 atom stereocenters.